The normalized spacial score (nSPS) is 47.0. The average Bonchev–Trinajstić information content (AvgIpc) is 3.01. The third kappa shape index (κ3) is 1.18. The van der Waals surface area contributed by atoms with E-state index in [0.717, 1.165) is 25.0 Å². The monoisotopic (exact) mass is 234 g/mol. The van der Waals surface area contributed by atoms with Crippen LogP contribution in [0.3, 0.4) is 0 Å². The van der Waals surface area contributed by atoms with Gasteiger partial charge in [-0.25, -0.2) is 0 Å². The van der Waals surface area contributed by atoms with Crippen LogP contribution in [0.5, 0.6) is 0 Å². The molecule has 4 rings (SSSR count). The van der Waals surface area contributed by atoms with E-state index in [1.807, 2.05) is 0 Å². The second-order valence-electron chi connectivity index (χ2n) is 6.43. The van der Waals surface area contributed by atoms with Gasteiger partial charge in [-0.05, 0) is 50.9 Å². The standard InChI is InChI=1S/C15H22O2/c1-14(16-8-9-17-14)15-7-3-4-11(10-15)12-5-2-6-13(12)15/h5,11,13H,2-4,6-10H2,1H3/t11-,13+,15-/m0/s1. The molecule has 2 heteroatoms. The Balaban J connectivity index is 1.79. The zero-order valence-electron chi connectivity index (χ0n) is 10.7. The van der Waals surface area contributed by atoms with Crippen LogP contribution in [0.4, 0.5) is 0 Å². The molecular weight excluding hydrogens is 212 g/mol. The Morgan fingerprint density at radius 2 is 2.06 bits per heavy atom. The maximum Gasteiger partial charge on any atom is 0.171 e. The van der Waals surface area contributed by atoms with Gasteiger partial charge >= 0.3 is 0 Å². The molecule has 0 unspecified atom stereocenters. The number of rotatable bonds is 1. The summed E-state index contributed by atoms with van der Waals surface area (Å²) >= 11 is 0. The van der Waals surface area contributed by atoms with Crippen LogP contribution >= 0.6 is 0 Å². The lowest BCUT2D eigenvalue weighted by Crippen LogP contribution is -2.50. The highest BCUT2D eigenvalue weighted by molar-refractivity contribution is 5.29. The molecule has 17 heavy (non-hydrogen) atoms. The summed E-state index contributed by atoms with van der Waals surface area (Å²) in [5.74, 6) is 1.31. The lowest BCUT2D eigenvalue weighted by molar-refractivity contribution is -0.242. The van der Waals surface area contributed by atoms with Gasteiger partial charge in [-0.3, -0.25) is 0 Å². The van der Waals surface area contributed by atoms with Crippen LogP contribution in [0.1, 0.15) is 45.4 Å². The largest absolute Gasteiger partial charge is 0.347 e. The van der Waals surface area contributed by atoms with Gasteiger partial charge in [0.15, 0.2) is 5.79 Å². The summed E-state index contributed by atoms with van der Waals surface area (Å²) in [5.41, 5.74) is 2.07. The Morgan fingerprint density at radius 3 is 2.88 bits per heavy atom. The first-order chi connectivity index (χ1) is 8.25. The number of fused-ring (bicyclic) bond motifs is 5. The van der Waals surface area contributed by atoms with Crippen molar-refractivity contribution in [3.63, 3.8) is 0 Å². The Labute approximate surface area is 103 Å². The highest BCUT2D eigenvalue weighted by Gasteiger charge is 2.63. The van der Waals surface area contributed by atoms with Crippen molar-refractivity contribution in [3.8, 4) is 0 Å². The van der Waals surface area contributed by atoms with Crippen LogP contribution in [0.25, 0.3) is 0 Å². The molecule has 3 aliphatic carbocycles. The predicted molar refractivity (Wildman–Crippen MR) is 65.5 cm³/mol. The van der Waals surface area contributed by atoms with E-state index < -0.39 is 0 Å². The second-order valence-corrected chi connectivity index (χ2v) is 6.43. The van der Waals surface area contributed by atoms with Gasteiger partial charge in [-0.15, -0.1) is 0 Å². The predicted octanol–water partition coefficient (Wildman–Crippen LogP) is 3.28. The maximum atomic E-state index is 6.06. The van der Waals surface area contributed by atoms with E-state index in [9.17, 15) is 0 Å². The van der Waals surface area contributed by atoms with Gasteiger partial charge in [0.1, 0.15) is 0 Å². The first-order valence-electron chi connectivity index (χ1n) is 7.23. The SMILES string of the molecule is CC1([C@@]23CCC[C@@H](C2)C2=CCC[C@H]23)OCCO1. The minimum Gasteiger partial charge on any atom is -0.347 e. The molecule has 0 N–H and O–H groups in total. The summed E-state index contributed by atoms with van der Waals surface area (Å²) in [5, 5.41) is 0. The minimum absolute atomic E-state index is 0.295. The molecule has 94 valence electrons. The third-order valence-corrected chi connectivity index (χ3v) is 5.91. The Kier molecular flexibility index (Phi) is 2.09. The van der Waals surface area contributed by atoms with Crippen molar-refractivity contribution in [2.24, 2.45) is 17.3 Å². The summed E-state index contributed by atoms with van der Waals surface area (Å²) in [7, 11) is 0. The fourth-order valence-electron chi connectivity index (χ4n) is 5.21. The smallest absolute Gasteiger partial charge is 0.171 e. The van der Waals surface area contributed by atoms with Crippen molar-refractivity contribution in [1.29, 1.82) is 0 Å². The van der Waals surface area contributed by atoms with Gasteiger partial charge in [0.25, 0.3) is 0 Å². The highest BCUT2D eigenvalue weighted by atomic mass is 16.7. The average molecular weight is 234 g/mol. The van der Waals surface area contributed by atoms with E-state index in [2.05, 4.69) is 13.0 Å². The summed E-state index contributed by atoms with van der Waals surface area (Å²) in [6.07, 6.45) is 10.5. The van der Waals surface area contributed by atoms with Crippen LogP contribution < -0.4 is 0 Å². The maximum absolute atomic E-state index is 6.06. The van der Waals surface area contributed by atoms with E-state index in [1.54, 1.807) is 5.57 Å². The van der Waals surface area contributed by atoms with Crippen LogP contribution in [-0.2, 0) is 9.47 Å². The van der Waals surface area contributed by atoms with Gasteiger partial charge in [0.2, 0.25) is 0 Å². The van der Waals surface area contributed by atoms with Crippen molar-refractivity contribution in [3.05, 3.63) is 11.6 Å². The number of hydrogen-bond acceptors (Lipinski definition) is 2. The molecule has 4 aliphatic rings. The van der Waals surface area contributed by atoms with Gasteiger partial charge in [0, 0.05) is 5.41 Å². The highest BCUT2D eigenvalue weighted by Crippen LogP contribution is 2.66. The van der Waals surface area contributed by atoms with Gasteiger partial charge in [-0.1, -0.05) is 18.1 Å². The van der Waals surface area contributed by atoms with Crippen molar-refractivity contribution >= 4 is 0 Å². The van der Waals surface area contributed by atoms with E-state index in [0.29, 0.717) is 5.41 Å². The Hall–Kier alpha value is -0.340. The third-order valence-electron chi connectivity index (χ3n) is 5.91. The fourth-order valence-corrected chi connectivity index (χ4v) is 5.21. The molecule has 1 saturated heterocycles. The lowest BCUT2D eigenvalue weighted by atomic mass is 9.65. The first-order valence-corrected chi connectivity index (χ1v) is 7.23. The van der Waals surface area contributed by atoms with Gasteiger partial charge in [0.05, 0.1) is 13.2 Å². The molecule has 0 aromatic carbocycles. The molecule has 0 radical (unpaired) electrons. The zero-order chi connectivity index (χ0) is 11.5. The molecule has 1 heterocycles. The molecule has 0 aromatic rings. The fraction of sp³-hybridized carbons (Fsp3) is 0.867. The van der Waals surface area contributed by atoms with E-state index in [4.69, 9.17) is 9.47 Å². The number of hydrogen-bond donors (Lipinski definition) is 0. The van der Waals surface area contributed by atoms with Crippen LogP contribution in [0.2, 0.25) is 0 Å². The van der Waals surface area contributed by atoms with Crippen LogP contribution in [0, 0.1) is 17.3 Å². The van der Waals surface area contributed by atoms with Gasteiger partial charge < -0.3 is 9.47 Å². The molecule has 3 fully saturated rings. The summed E-state index contributed by atoms with van der Waals surface area (Å²) < 4.78 is 12.1. The summed E-state index contributed by atoms with van der Waals surface area (Å²) in [4.78, 5) is 0. The molecule has 2 nitrogen and oxygen atoms in total. The minimum atomic E-state index is -0.295. The molecule has 0 spiro atoms. The quantitative estimate of drug-likeness (QED) is 0.648. The second kappa shape index (κ2) is 3.36. The lowest BCUT2D eigenvalue weighted by Gasteiger charge is -2.47. The molecular formula is C15H22O2. The van der Waals surface area contributed by atoms with E-state index in [-0.39, 0.29) is 5.79 Å². The van der Waals surface area contributed by atoms with Crippen molar-refractivity contribution in [2.75, 3.05) is 13.2 Å². The van der Waals surface area contributed by atoms with Crippen molar-refractivity contribution < 1.29 is 9.47 Å². The van der Waals surface area contributed by atoms with Crippen LogP contribution in [0.15, 0.2) is 11.6 Å². The summed E-state index contributed by atoms with van der Waals surface area (Å²) in [6, 6.07) is 0. The van der Waals surface area contributed by atoms with Crippen molar-refractivity contribution in [1.82, 2.24) is 0 Å². The zero-order valence-corrected chi connectivity index (χ0v) is 10.7. The molecule has 2 saturated carbocycles. The molecule has 0 aromatic heterocycles. The topological polar surface area (TPSA) is 18.5 Å². The van der Waals surface area contributed by atoms with E-state index in [1.165, 1.54) is 38.5 Å². The molecule has 3 atom stereocenters. The number of allylic oxidation sites excluding steroid dienone is 2. The first kappa shape index (κ1) is 10.6. The van der Waals surface area contributed by atoms with Crippen LogP contribution in [-0.4, -0.2) is 19.0 Å². The number of ether oxygens (including phenoxy) is 2. The molecule has 2 bridgehead atoms. The Bertz CT molecular complexity index is 367. The van der Waals surface area contributed by atoms with Gasteiger partial charge in [-0.2, -0.15) is 0 Å². The molecule has 0 amide bonds. The summed E-state index contributed by atoms with van der Waals surface area (Å²) in [6.45, 7) is 3.78. The van der Waals surface area contributed by atoms with Crippen molar-refractivity contribution in [2.45, 2.75) is 51.2 Å². The Morgan fingerprint density at radius 1 is 1.24 bits per heavy atom. The van der Waals surface area contributed by atoms with E-state index >= 15 is 0 Å². The molecule has 1 aliphatic heterocycles.